The van der Waals surface area contributed by atoms with E-state index in [9.17, 15) is 4.79 Å². The van der Waals surface area contributed by atoms with Crippen molar-refractivity contribution in [2.45, 2.75) is 12.8 Å². The van der Waals surface area contributed by atoms with E-state index in [4.69, 9.17) is 0 Å². The van der Waals surface area contributed by atoms with E-state index < -0.39 is 0 Å². The van der Waals surface area contributed by atoms with E-state index >= 15 is 0 Å². The first-order valence-electron chi connectivity index (χ1n) is 10.2. The van der Waals surface area contributed by atoms with Gasteiger partial charge in [-0.1, -0.05) is 0 Å². The molecule has 5 rings (SSSR count). The maximum absolute atomic E-state index is 11.6. The monoisotopic (exact) mass is 391 g/mol. The normalized spacial score (nSPS) is 17.3. The van der Waals surface area contributed by atoms with Crippen LogP contribution in [0.4, 0.5) is 17.3 Å². The largest absolute Gasteiger partial charge is 0.368 e. The van der Waals surface area contributed by atoms with Crippen molar-refractivity contribution in [2.24, 2.45) is 7.05 Å². The van der Waals surface area contributed by atoms with Crippen molar-refractivity contribution in [1.29, 1.82) is 0 Å². The highest BCUT2D eigenvalue weighted by molar-refractivity contribution is 5.92. The Labute approximate surface area is 169 Å². The molecule has 2 aliphatic rings. The first-order chi connectivity index (χ1) is 14.2. The molecule has 0 bridgehead atoms. The maximum Gasteiger partial charge on any atom is 0.266 e. The molecule has 2 fully saturated rings. The Kier molecular flexibility index (Phi) is 4.54. The number of hydrogen-bond donors (Lipinski definition) is 0. The average Bonchev–Trinajstić information content (AvgIpc) is 3.30. The molecule has 1 aromatic carbocycles. The van der Waals surface area contributed by atoms with Gasteiger partial charge in [-0.2, -0.15) is 5.10 Å². The summed E-state index contributed by atoms with van der Waals surface area (Å²) in [5.41, 5.74) is 2.12. The molecular formula is C21H25N7O. The molecule has 2 aromatic heterocycles. The minimum Gasteiger partial charge on any atom is -0.368 e. The third-order valence-corrected chi connectivity index (χ3v) is 5.92. The van der Waals surface area contributed by atoms with Crippen molar-refractivity contribution in [2.75, 3.05) is 54.0 Å². The van der Waals surface area contributed by atoms with Crippen LogP contribution in [0.25, 0.3) is 10.9 Å². The highest BCUT2D eigenvalue weighted by Gasteiger charge is 2.21. The number of benzene rings is 1. The van der Waals surface area contributed by atoms with Crippen LogP contribution in [0.1, 0.15) is 12.8 Å². The minimum atomic E-state index is -0.0837. The smallest absolute Gasteiger partial charge is 0.266 e. The Hall–Kier alpha value is -3.16. The fraction of sp³-hybridized carbons (Fsp3) is 0.429. The molecule has 0 spiro atoms. The number of rotatable bonds is 3. The van der Waals surface area contributed by atoms with Crippen LogP contribution in [0.2, 0.25) is 0 Å². The lowest BCUT2D eigenvalue weighted by molar-refractivity contribution is 0.623. The molecule has 29 heavy (non-hydrogen) atoms. The summed E-state index contributed by atoms with van der Waals surface area (Å²) in [6.45, 7) is 5.69. The zero-order valence-corrected chi connectivity index (χ0v) is 16.7. The number of aryl methyl sites for hydroxylation is 1. The van der Waals surface area contributed by atoms with Gasteiger partial charge in [0.2, 0.25) is 0 Å². The average molecular weight is 391 g/mol. The molecule has 2 saturated heterocycles. The summed E-state index contributed by atoms with van der Waals surface area (Å²) >= 11 is 0. The van der Waals surface area contributed by atoms with Crippen LogP contribution in [0, 0.1) is 0 Å². The Bertz CT molecular complexity index is 1080. The van der Waals surface area contributed by atoms with Gasteiger partial charge in [0.05, 0.1) is 5.52 Å². The summed E-state index contributed by atoms with van der Waals surface area (Å²) in [5, 5.41) is 5.51. The topological polar surface area (TPSA) is 70.4 Å². The first-order valence-corrected chi connectivity index (χ1v) is 10.2. The van der Waals surface area contributed by atoms with Crippen molar-refractivity contribution < 1.29 is 0 Å². The molecule has 0 aliphatic carbocycles. The second kappa shape index (κ2) is 7.35. The van der Waals surface area contributed by atoms with Crippen LogP contribution >= 0.6 is 0 Å². The first kappa shape index (κ1) is 17.9. The molecule has 0 amide bonds. The third-order valence-electron chi connectivity index (χ3n) is 5.92. The molecule has 3 aromatic rings. The van der Waals surface area contributed by atoms with Gasteiger partial charge in [0.1, 0.15) is 18.0 Å². The van der Waals surface area contributed by atoms with Crippen molar-refractivity contribution in [1.82, 2.24) is 19.7 Å². The van der Waals surface area contributed by atoms with E-state index in [1.807, 2.05) is 6.07 Å². The van der Waals surface area contributed by atoms with Gasteiger partial charge in [-0.05, 0) is 37.1 Å². The van der Waals surface area contributed by atoms with Crippen molar-refractivity contribution in [3.63, 3.8) is 0 Å². The number of aromatic nitrogens is 4. The van der Waals surface area contributed by atoms with E-state index in [0.717, 1.165) is 61.8 Å². The van der Waals surface area contributed by atoms with E-state index in [0.29, 0.717) is 0 Å². The van der Waals surface area contributed by atoms with Crippen LogP contribution < -0.4 is 20.3 Å². The summed E-state index contributed by atoms with van der Waals surface area (Å²) in [5.74, 6) is 1.91. The summed E-state index contributed by atoms with van der Waals surface area (Å²) in [6.07, 6.45) is 4.13. The minimum absolute atomic E-state index is 0.0837. The van der Waals surface area contributed by atoms with Crippen molar-refractivity contribution >= 4 is 28.2 Å². The van der Waals surface area contributed by atoms with Gasteiger partial charge < -0.3 is 14.7 Å². The molecule has 4 heterocycles. The van der Waals surface area contributed by atoms with Crippen LogP contribution in [0.15, 0.2) is 41.5 Å². The number of piperazine rings is 1. The fourth-order valence-electron chi connectivity index (χ4n) is 4.26. The predicted molar refractivity (Wildman–Crippen MR) is 115 cm³/mol. The molecule has 0 unspecified atom stereocenters. The zero-order chi connectivity index (χ0) is 19.8. The molecule has 8 heteroatoms. The Morgan fingerprint density at radius 2 is 1.59 bits per heavy atom. The van der Waals surface area contributed by atoms with Gasteiger partial charge in [0.15, 0.2) is 0 Å². The summed E-state index contributed by atoms with van der Waals surface area (Å²) in [6, 6.07) is 9.89. The summed E-state index contributed by atoms with van der Waals surface area (Å²) < 4.78 is 1.39. The van der Waals surface area contributed by atoms with Gasteiger partial charge >= 0.3 is 0 Å². The third kappa shape index (κ3) is 3.39. The summed E-state index contributed by atoms with van der Waals surface area (Å²) in [4.78, 5) is 27.6. The molecule has 0 atom stereocenters. The van der Waals surface area contributed by atoms with E-state index in [-0.39, 0.29) is 5.56 Å². The van der Waals surface area contributed by atoms with E-state index in [1.54, 1.807) is 19.4 Å². The maximum atomic E-state index is 11.6. The molecule has 2 aliphatic heterocycles. The SMILES string of the molecule is Cn1nc(N2CCN(c3ccc4ncnc(N5CCCC5)c4c3)CC2)ccc1=O. The predicted octanol–water partition coefficient (Wildman–Crippen LogP) is 1.65. The highest BCUT2D eigenvalue weighted by atomic mass is 16.1. The molecule has 0 N–H and O–H groups in total. The summed E-state index contributed by atoms with van der Waals surface area (Å²) in [7, 11) is 1.69. The lowest BCUT2D eigenvalue weighted by atomic mass is 10.1. The quantitative estimate of drug-likeness (QED) is 0.672. The van der Waals surface area contributed by atoms with Crippen LogP contribution in [0.5, 0.6) is 0 Å². The number of fused-ring (bicyclic) bond motifs is 1. The van der Waals surface area contributed by atoms with Gasteiger partial charge in [0, 0.05) is 63.5 Å². The van der Waals surface area contributed by atoms with Gasteiger partial charge in [0.25, 0.3) is 5.56 Å². The molecule has 0 radical (unpaired) electrons. The second-order valence-electron chi connectivity index (χ2n) is 7.72. The van der Waals surface area contributed by atoms with E-state index in [2.05, 4.69) is 48.0 Å². The Morgan fingerprint density at radius 3 is 2.34 bits per heavy atom. The molecule has 150 valence electrons. The van der Waals surface area contributed by atoms with E-state index in [1.165, 1.54) is 23.2 Å². The number of anilines is 3. The van der Waals surface area contributed by atoms with Gasteiger partial charge in [-0.15, -0.1) is 0 Å². The fourth-order valence-corrected chi connectivity index (χ4v) is 4.26. The van der Waals surface area contributed by atoms with Crippen LogP contribution in [0.3, 0.4) is 0 Å². The highest BCUT2D eigenvalue weighted by Crippen LogP contribution is 2.30. The van der Waals surface area contributed by atoms with Crippen molar-refractivity contribution in [3.8, 4) is 0 Å². The lowest BCUT2D eigenvalue weighted by Gasteiger charge is -2.36. The van der Waals surface area contributed by atoms with Crippen LogP contribution in [-0.4, -0.2) is 59.0 Å². The Balaban J connectivity index is 1.37. The number of hydrogen-bond acceptors (Lipinski definition) is 7. The Morgan fingerprint density at radius 1 is 0.828 bits per heavy atom. The lowest BCUT2D eigenvalue weighted by Crippen LogP contribution is -2.47. The van der Waals surface area contributed by atoms with Crippen LogP contribution in [-0.2, 0) is 7.05 Å². The molecule has 8 nitrogen and oxygen atoms in total. The standard InChI is InChI=1S/C21H25N7O/c1-25-20(29)7-6-19(24-25)27-12-10-26(11-13-27)16-4-5-18-17(14-16)21(23-15-22-18)28-8-2-3-9-28/h4-7,14-15H,2-3,8-13H2,1H3. The number of nitrogens with zero attached hydrogens (tertiary/aromatic N) is 7. The molecule has 0 saturated carbocycles. The molecular weight excluding hydrogens is 366 g/mol. The second-order valence-corrected chi connectivity index (χ2v) is 7.72. The van der Waals surface area contributed by atoms with Crippen molar-refractivity contribution in [3.05, 3.63) is 47.0 Å². The zero-order valence-electron chi connectivity index (χ0n) is 16.7. The van der Waals surface area contributed by atoms with Gasteiger partial charge in [-0.25, -0.2) is 14.6 Å². The van der Waals surface area contributed by atoms with Gasteiger partial charge in [-0.3, -0.25) is 4.79 Å².